The number of carbonyl (C=O) groups is 1. The Morgan fingerprint density at radius 3 is 2.78 bits per heavy atom. The number of benzene rings is 1. The summed E-state index contributed by atoms with van der Waals surface area (Å²) in [6, 6.07) is 8.63. The Hall–Kier alpha value is -1.98. The number of nitrogens with zero attached hydrogens (tertiary/aromatic N) is 1. The van der Waals surface area contributed by atoms with Gasteiger partial charge in [0.1, 0.15) is 6.10 Å². The second-order valence-electron chi connectivity index (χ2n) is 3.83. The fraction of sp³-hybridized carbons (Fsp3) is 0.231. The molecule has 2 unspecified atom stereocenters. The van der Waals surface area contributed by atoms with Gasteiger partial charge in [0.05, 0.1) is 12.6 Å². The molecule has 1 aromatic heterocycles. The number of rotatable bonds is 3. The van der Waals surface area contributed by atoms with Gasteiger partial charge in [-0.15, -0.1) is 0 Å². The van der Waals surface area contributed by atoms with Crippen LogP contribution >= 0.6 is 0 Å². The SMILES string of the molecule is COC(=O)C(O)C(O)c1cccc2ncccc12. The van der Waals surface area contributed by atoms with Gasteiger partial charge in [0.25, 0.3) is 0 Å². The molecule has 0 spiro atoms. The van der Waals surface area contributed by atoms with Gasteiger partial charge in [-0.05, 0) is 17.7 Å². The van der Waals surface area contributed by atoms with E-state index in [2.05, 4.69) is 9.72 Å². The van der Waals surface area contributed by atoms with Crippen LogP contribution in [-0.4, -0.2) is 34.4 Å². The fourth-order valence-electron chi connectivity index (χ4n) is 1.80. The zero-order chi connectivity index (χ0) is 13.1. The van der Waals surface area contributed by atoms with E-state index < -0.39 is 18.2 Å². The molecule has 0 fully saturated rings. The largest absolute Gasteiger partial charge is 0.467 e. The van der Waals surface area contributed by atoms with Crippen molar-refractivity contribution >= 4 is 16.9 Å². The van der Waals surface area contributed by atoms with Gasteiger partial charge in [0.2, 0.25) is 0 Å². The van der Waals surface area contributed by atoms with E-state index in [1.165, 1.54) is 0 Å². The number of aliphatic hydroxyl groups excluding tert-OH is 2. The molecule has 1 heterocycles. The zero-order valence-corrected chi connectivity index (χ0v) is 9.78. The first-order chi connectivity index (χ1) is 8.65. The molecule has 0 aliphatic carbocycles. The number of methoxy groups -OCH3 is 1. The van der Waals surface area contributed by atoms with Crippen molar-refractivity contribution in [3.8, 4) is 0 Å². The highest BCUT2D eigenvalue weighted by molar-refractivity contribution is 5.84. The van der Waals surface area contributed by atoms with E-state index in [0.29, 0.717) is 16.5 Å². The number of carbonyl (C=O) groups excluding carboxylic acids is 1. The van der Waals surface area contributed by atoms with E-state index >= 15 is 0 Å². The highest BCUT2D eigenvalue weighted by atomic mass is 16.5. The number of ether oxygens (including phenoxy) is 1. The predicted octanol–water partition coefficient (Wildman–Crippen LogP) is 0.802. The van der Waals surface area contributed by atoms with Gasteiger partial charge >= 0.3 is 5.97 Å². The lowest BCUT2D eigenvalue weighted by molar-refractivity contribution is -0.156. The Bertz CT molecular complexity index is 564. The van der Waals surface area contributed by atoms with E-state index in [9.17, 15) is 15.0 Å². The topological polar surface area (TPSA) is 79.7 Å². The minimum absolute atomic E-state index is 0.443. The van der Waals surface area contributed by atoms with Crippen molar-refractivity contribution in [2.45, 2.75) is 12.2 Å². The summed E-state index contributed by atoms with van der Waals surface area (Å²) in [4.78, 5) is 15.4. The van der Waals surface area contributed by atoms with Gasteiger partial charge < -0.3 is 14.9 Å². The third-order valence-electron chi connectivity index (χ3n) is 2.74. The maximum atomic E-state index is 11.2. The van der Waals surface area contributed by atoms with Gasteiger partial charge in [0.15, 0.2) is 6.10 Å². The molecule has 0 saturated heterocycles. The van der Waals surface area contributed by atoms with Crippen molar-refractivity contribution in [1.29, 1.82) is 0 Å². The summed E-state index contributed by atoms with van der Waals surface area (Å²) < 4.78 is 4.40. The summed E-state index contributed by atoms with van der Waals surface area (Å²) in [5.41, 5.74) is 1.13. The Balaban J connectivity index is 2.44. The second kappa shape index (κ2) is 5.12. The zero-order valence-electron chi connectivity index (χ0n) is 9.78. The number of fused-ring (bicyclic) bond motifs is 1. The van der Waals surface area contributed by atoms with Crippen molar-refractivity contribution in [3.63, 3.8) is 0 Å². The summed E-state index contributed by atoms with van der Waals surface area (Å²) in [5, 5.41) is 20.4. The normalized spacial score (nSPS) is 14.2. The van der Waals surface area contributed by atoms with Gasteiger partial charge in [-0.2, -0.15) is 0 Å². The molecule has 1 aromatic carbocycles. The van der Waals surface area contributed by atoms with Gasteiger partial charge in [-0.25, -0.2) is 4.79 Å². The molecule has 5 heteroatoms. The molecule has 0 bridgehead atoms. The molecular formula is C13H13NO4. The van der Waals surface area contributed by atoms with Crippen LogP contribution in [0.3, 0.4) is 0 Å². The molecule has 0 amide bonds. The molecule has 18 heavy (non-hydrogen) atoms. The smallest absolute Gasteiger partial charge is 0.337 e. The molecule has 2 aromatic rings. The monoisotopic (exact) mass is 247 g/mol. The van der Waals surface area contributed by atoms with Crippen molar-refractivity contribution in [2.24, 2.45) is 0 Å². The number of aliphatic hydroxyl groups is 2. The quantitative estimate of drug-likeness (QED) is 0.784. The first-order valence-electron chi connectivity index (χ1n) is 5.42. The fourth-order valence-corrected chi connectivity index (χ4v) is 1.80. The summed E-state index contributed by atoms with van der Waals surface area (Å²) in [6.07, 6.45) is -1.32. The van der Waals surface area contributed by atoms with Crippen molar-refractivity contribution in [3.05, 3.63) is 42.1 Å². The molecule has 5 nitrogen and oxygen atoms in total. The van der Waals surface area contributed by atoms with Crippen molar-refractivity contribution in [2.75, 3.05) is 7.11 Å². The number of aromatic nitrogens is 1. The van der Waals surface area contributed by atoms with Gasteiger partial charge in [-0.1, -0.05) is 18.2 Å². The third kappa shape index (κ3) is 2.18. The summed E-state index contributed by atoms with van der Waals surface area (Å²) >= 11 is 0. The van der Waals surface area contributed by atoms with Crippen LogP contribution in [0.1, 0.15) is 11.7 Å². The summed E-state index contributed by atoms with van der Waals surface area (Å²) in [6.45, 7) is 0. The molecule has 2 N–H and O–H groups in total. The maximum absolute atomic E-state index is 11.2. The molecule has 2 atom stereocenters. The average molecular weight is 247 g/mol. The van der Waals surface area contributed by atoms with Gasteiger partial charge in [0, 0.05) is 11.6 Å². The van der Waals surface area contributed by atoms with Crippen LogP contribution in [-0.2, 0) is 9.53 Å². The molecule has 0 saturated carbocycles. The number of hydrogen-bond acceptors (Lipinski definition) is 5. The lowest BCUT2D eigenvalue weighted by Gasteiger charge is -2.17. The Kier molecular flexibility index (Phi) is 3.55. The minimum atomic E-state index is -1.61. The van der Waals surface area contributed by atoms with E-state index in [1.807, 2.05) is 0 Å². The number of esters is 1. The number of hydrogen-bond donors (Lipinski definition) is 2. The highest BCUT2D eigenvalue weighted by Gasteiger charge is 2.27. The Morgan fingerprint density at radius 1 is 1.28 bits per heavy atom. The molecule has 0 radical (unpaired) electrons. The van der Waals surface area contributed by atoms with Crippen LogP contribution in [0.15, 0.2) is 36.5 Å². The first kappa shape index (κ1) is 12.5. The lowest BCUT2D eigenvalue weighted by Crippen LogP contribution is -2.29. The molecular weight excluding hydrogens is 234 g/mol. The van der Waals surface area contributed by atoms with Crippen molar-refractivity contribution in [1.82, 2.24) is 4.98 Å². The van der Waals surface area contributed by atoms with Crippen LogP contribution in [0, 0.1) is 0 Å². The maximum Gasteiger partial charge on any atom is 0.337 e. The van der Waals surface area contributed by atoms with Crippen LogP contribution in [0.25, 0.3) is 10.9 Å². The van der Waals surface area contributed by atoms with Crippen LogP contribution < -0.4 is 0 Å². The third-order valence-corrected chi connectivity index (χ3v) is 2.74. The summed E-state index contributed by atoms with van der Waals surface area (Å²) in [7, 11) is 1.16. The minimum Gasteiger partial charge on any atom is -0.467 e. The Morgan fingerprint density at radius 2 is 2.06 bits per heavy atom. The standard InChI is InChI=1S/C13H13NO4/c1-18-13(17)12(16)11(15)9-4-2-6-10-8(9)5-3-7-14-10/h2-7,11-12,15-16H,1H3. The van der Waals surface area contributed by atoms with E-state index in [4.69, 9.17) is 0 Å². The Labute approximate surface area is 104 Å². The predicted molar refractivity (Wildman–Crippen MR) is 64.7 cm³/mol. The summed E-state index contributed by atoms with van der Waals surface area (Å²) in [5.74, 6) is -0.872. The van der Waals surface area contributed by atoms with E-state index in [0.717, 1.165) is 7.11 Å². The van der Waals surface area contributed by atoms with Crippen LogP contribution in [0.2, 0.25) is 0 Å². The lowest BCUT2D eigenvalue weighted by atomic mass is 9.99. The van der Waals surface area contributed by atoms with Crippen LogP contribution in [0.5, 0.6) is 0 Å². The molecule has 0 aliphatic heterocycles. The van der Waals surface area contributed by atoms with Crippen LogP contribution in [0.4, 0.5) is 0 Å². The van der Waals surface area contributed by atoms with Gasteiger partial charge in [-0.3, -0.25) is 4.98 Å². The van der Waals surface area contributed by atoms with E-state index in [-0.39, 0.29) is 0 Å². The van der Waals surface area contributed by atoms with Crippen molar-refractivity contribution < 1.29 is 19.7 Å². The number of pyridine rings is 1. The molecule has 2 rings (SSSR count). The highest BCUT2D eigenvalue weighted by Crippen LogP contribution is 2.25. The molecule has 94 valence electrons. The second-order valence-corrected chi connectivity index (χ2v) is 3.83. The first-order valence-corrected chi connectivity index (χ1v) is 5.42. The van der Waals surface area contributed by atoms with E-state index in [1.54, 1.807) is 36.5 Å². The average Bonchev–Trinajstić information content (AvgIpc) is 2.44. The molecule has 0 aliphatic rings.